The van der Waals surface area contributed by atoms with E-state index in [2.05, 4.69) is 5.32 Å². The van der Waals surface area contributed by atoms with E-state index in [1.807, 2.05) is 0 Å². The number of hydrogen-bond donors (Lipinski definition) is 2. The molecule has 1 rings (SSSR count). The first-order valence-corrected chi connectivity index (χ1v) is 3.82. The lowest BCUT2D eigenvalue weighted by Gasteiger charge is -2.22. The van der Waals surface area contributed by atoms with Gasteiger partial charge in [0.2, 0.25) is 0 Å². The average Bonchev–Trinajstić information content (AvgIpc) is 2.03. The minimum Gasteiger partial charge on any atom is -0.481 e. The second-order valence-electron chi connectivity index (χ2n) is 2.66. The number of carboxylic acids is 1. The van der Waals surface area contributed by atoms with Gasteiger partial charge >= 0.3 is 5.97 Å². The van der Waals surface area contributed by atoms with Gasteiger partial charge in [-0.1, -0.05) is 0 Å². The van der Waals surface area contributed by atoms with Gasteiger partial charge in [-0.15, -0.1) is 0 Å². The van der Waals surface area contributed by atoms with Crippen molar-refractivity contribution in [3.8, 4) is 0 Å². The van der Waals surface area contributed by atoms with Crippen LogP contribution in [-0.2, 0) is 9.53 Å². The molecule has 0 aromatic carbocycles. The maximum Gasteiger partial charge on any atom is 0.303 e. The zero-order valence-electron chi connectivity index (χ0n) is 6.38. The molecular formula is C7H13NO3. The van der Waals surface area contributed by atoms with Crippen LogP contribution >= 0.6 is 0 Å². The van der Waals surface area contributed by atoms with Gasteiger partial charge in [0, 0.05) is 19.0 Å². The summed E-state index contributed by atoms with van der Waals surface area (Å²) in [6.07, 6.45) is 0.885. The summed E-state index contributed by atoms with van der Waals surface area (Å²) in [4.78, 5) is 10.2. The van der Waals surface area contributed by atoms with Crippen molar-refractivity contribution in [2.75, 3.05) is 19.8 Å². The van der Waals surface area contributed by atoms with Crippen molar-refractivity contribution in [3.05, 3.63) is 0 Å². The Morgan fingerprint density at radius 1 is 1.73 bits per heavy atom. The van der Waals surface area contributed by atoms with Crippen LogP contribution < -0.4 is 5.32 Å². The lowest BCUT2D eigenvalue weighted by atomic mass is 10.1. The van der Waals surface area contributed by atoms with E-state index in [0.717, 1.165) is 13.2 Å². The fourth-order valence-electron chi connectivity index (χ4n) is 1.10. The van der Waals surface area contributed by atoms with Gasteiger partial charge in [-0.25, -0.2) is 0 Å². The van der Waals surface area contributed by atoms with Crippen LogP contribution in [0.15, 0.2) is 0 Å². The van der Waals surface area contributed by atoms with E-state index in [9.17, 15) is 4.79 Å². The van der Waals surface area contributed by atoms with Gasteiger partial charge in [-0.2, -0.15) is 0 Å². The number of carbonyl (C=O) groups is 1. The first kappa shape index (κ1) is 8.49. The fraction of sp³-hybridized carbons (Fsp3) is 0.857. The van der Waals surface area contributed by atoms with Crippen LogP contribution in [0.2, 0.25) is 0 Å². The zero-order chi connectivity index (χ0) is 8.10. The first-order chi connectivity index (χ1) is 5.29. The molecule has 4 heteroatoms. The Labute approximate surface area is 65.5 Å². The molecular weight excluding hydrogens is 146 g/mol. The van der Waals surface area contributed by atoms with Crippen molar-refractivity contribution in [3.63, 3.8) is 0 Å². The summed E-state index contributed by atoms with van der Waals surface area (Å²) in [5.74, 6) is -0.739. The van der Waals surface area contributed by atoms with Crippen LogP contribution in [0.1, 0.15) is 12.8 Å². The van der Waals surface area contributed by atoms with E-state index < -0.39 is 5.97 Å². The van der Waals surface area contributed by atoms with Crippen molar-refractivity contribution in [2.24, 2.45) is 0 Å². The summed E-state index contributed by atoms with van der Waals surface area (Å²) in [6.45, 7) is 2.22. The van der Waals surface area contributed by atoms with Gasteiger partial charge in [0.15, 0.2) is 0 Å². The minimum atomic E-state index is -0.739. The molecule has 1 aliphatic heterocycles. The number of hydrogen-bond acceptors (Lipinski definition) is 3. The Balaban J connectivity index is 2.09. The van der Waals surface area contributed by atoms with Gasteiger partial charge in [0.05, 0.1) is 13.2 Å². The molecule has 1 fully saturated rings. The third-order valence-corrected chi connectivity index (χ3v) is 1.71. The highest BCUT2D eigenvalue weighted by Gasteiger charge is 2.13. The molecule has 0 unspecified atom stereocenters. The SMILES string of the molecule is O=C(O)CC[C@@H]1COCCN1. The third kappa shape index (κ3) is 3.34. The molecule has 4 nitrogen and oxygen atoms in total. The summed E-state index contributed by atoms with van der Waals surface area (Å²) in [6, 6.07) is 0.236. The van der Waals surface area contributed by atoms with E-state index >= 15 is 0 Å². The Morgan fingerprint density at radius 3 is 3.09 bits per heavy atom. The van der Waals surface area contributed by atoms with Crippen molar-refractivity contribution in [1.29, 1.82) is 0 Å². The summed E-state index contributed by atoms with van der Waals surface area (Å²) >= 11 is 0. The molecule has 1 aliphatic rings. The van der Waals surface area contributed by atoms with E-state index in [4.69, 9.17) is 9.84 Å². The molecule has 0 amide bonds. The van der Waals surface area contributed by atoms with Gasteiger partial charge < -0.3 is 15.2 Å². The topological polar surface area (TPSA) is 58.6 Å². The predicted molar refractivity (Wildman–Crippen MR) is 39.5 cm³/mol. The van der Waals surface area contributed by atoms with Gasteiger partial charge in [-0.3, -0.25) is 4.79 Å². The Kier molecular flexibility index (Phi) is 3.32. The van der Waals surface area contributed by atoms with Crippen LogP contribution in [0, 0.1) is 0 Å². The molecule has 64 valence electrons. The molecule has 0 bridgehead atoms. The molecule has 1 saturated heterocycles. The quantitative estimate of drug-likeness (QED) is 0.600. The minimum absolute atomic E-state index is 0.223. The summed E-state index contributed by atoms with van der Waals surface area (Å²) in [5.41, 5.74) is 0. The lowest BCUT2D eigenvalue weighted by Crippen LogP contribution is -2.41. The van der Waals surface area contributed by atoms with E-state index in [-0.39, 0.29) is 12.5 Å². The molecule has 0 aliphatic carbocycles. The van der Waals surface area contributed by atoms with Gasteiger partial charge in [0.1, 0.15) is 0 Å². The lowest BCUT2D eigenvalue weighted by molar-refractivity contribution is -0.137. The molecule has 0 saturated carbocycles. The first-order valence-electron chi connectivity index (χ1n) is 3.82. The highest BCUT2D eigenvalue weighted by molar-refractivity contribution is 5.66. The Bertz CT molecular complexity index is 132. The number of rotatable bonds is 3. The van der Waals surface area contributed by atoms with Crippen LogP contribution in [0.4, 0.5) is 0 Å². The third-order valence-electron chi connectivity index (χ3n) is 1.71. The van der Waals surface area contributed by atoms with Crippen LogP contribution in [0.3, 0.4) is 0 Å². The number of morpholine rings is 1. The van der Waals surface area contributed by atoms with E-state index in [1.54, 1.807) is 0 Å². The average molecular weight is 159 g/mol. The van der Waals surface area contributed by atoms with Crippen LogP contribution in [0.25, 0.3) is 0 Å². The van der Waals surface area contributed by atoms with Crippen LogP contribution in [0.5, 0.6) is 0 Å². The van der Waals surface area contributed by atoms with Crippen molar-refractivity contribution in [2.45, 2.75) is 18.9 Å². The van der Waals surface area contributed by atoms with E-state index in [1.165, 1.54) is 0 Å². The maximum absolute atomic E-state index is 10.2. The largest absolute Gasteiger partial charge is 0.481 e. The maximum atomic E-state index is 10.2. The fourth-order valence-corrected chi connectivity index (χ4v) is 1.10. The molecule has 0 radical (unpaired) electrons. The number of carboxylic acid groups (broad SMARTS) is 1. The molecule has 1 atom stereocenters. The number of aliphatic carboxylic acids is 1. The van der Waals surface area contributed by atoms with Crippen molar-refractivity contribution in [1.82, 2.24) is 5.32 Å². The molecule has 11 heavy (non-hydrogen) atoms. The van der Waals surface area contributed by atoms with Gasteiger partial charge in [0.25, 0.3) is 0 Å². The normalized spacial score (nSPS) is 24.9. The molecule has 0 aromatic rings. The number of nitrogens with one attached hydrogen (secondary N) is 1. The standard InChI is InChI=1S/C7H13NO3/c9-7(10)2-1-6-5-11-4-3-8-6/h6,8H,1-5H2,(H,9,10)/t6-/m1/s1. The second-order valence-corrected chi connectivity index (χ2v) is 2.66. The summed E-state index contributed by atoms with van der Waals surface area (Å²) in [7, 11) is 0. The smallest absolute Gasteiger partial charge is 0.303 e. The van der Waals surface area contributed by atoms with E-state index in [0.29, 0.717) is 13.0 Å². The molecule has 0 spiro atoms. The molecule has 2 N–H and O–H groups in total. The summed E-state index contributed by atoms with van der Waals surface area (Å²) < 4.78 is 5.16. The predicted octanol–water partition coefficient (Wildman–Crippen LogP) is -0.160. The highest BCUT2D eigenvalue weighted by atomic mass is 16.5. The van der Waals surface area contributed by atoms with Crippen molar-refractivity contribution >= 4 is 5.97 Å². The van der Waals surface area contributed by atoms with Crippen molar-refractivity contribution < 1.29 is 14.6 Å². The Morgan fingerprint density at radius 2 is 2.55 bits per heavy atom. The Hall–Kier alpha value is -0.610. The molecule has 0 aromatic heterocycles. The zero-order valence-corrected chi connectivity index (χ0v) is 6.38. The summed E-state index contributed by atoms with van der Waals surface area (Å²) in [5, 5.41) is 11.6. The second kappa shape index (κ2) is 4.31. The monoisotopic (exact) mass is 159 g/mol. The highest BCUT2D eigenvalue weighted by Crippen LogP contribution is 2.01. The van der Waals surface area contributed by atoms with Crippen LogP contribution in [-0.4, -0.2) is 36.9 Å². The number of ether oxygens (including phenoxy) is 1. The molecule has 1 heterocycles. The van der Waals surface area contributed by atoms with Gasteiger partial charge in [-0.05, 0) is 6.42 Å².